The molecule has 1 aromatic rings. The Labute approximate surface area is 114 Å². The molecule has 5 rings (SSSR count). The molecule has 4 aliphatic carbocycles. The van der Waals surface area contributed by atoms with Gasteiger partial charge in [-0.2, -0.15) is 0 Å². The SMILES string of the molecule is CC12CC3CC(C1)CC(C(NN)c1ccoc1)(C3)C2. The van der Waals surface area contributed by atoms with Crippen LogP contribution in [0.4, 0.5) is 0 Å². The summed E-state index contributed by atoms with van der Waals surface area (Å²) in [5.74, 6) is 7.79. The molecule has 0 amide bonds. The van der Waals surface area contributed by atoms with E-state index in [0.717, 1.165) is 11.8 Å². The molecule has 0 aliphatic heterocycles. The smallest absolute Gasteiger partial charge is 0.0951 e. The van der Waals surface area contributed by atoms with E-state index < -0.39 is 0 Å². The van der Waals surface area contributed by atoms with Gasteiger partial charge in [-0.15, -0.1) is 0 Å². The van der Waals surface area contributed by atoms with E-state index in [0.29, 0.717) is 10.8 Å². The second-order valence-electron chi connectivity index (χ2n) is 7.79. The van der Waals surface area contributed by atoms with Crippen LogP contribution in [0.1, 0.15) is 57.1 Å². The van der Waals surface area contributed by atoms with Crippen molar-refractivity contribution in [1.29, 1.82) is 0 Å². The summed E-state index contributed by atoms with van der Waals surface area (Å²) in [5.41, 5.74) is 5.27. The van der Waals surface area contributed by atoms with Crippen molar-refractivity contribution in [3.05, 3.63) is 24.2 Å². The third-order valence-electron chi connectivity index (χ3n) is 6.05. The van der Waals surface area contributed by atoms with Crippen molar-refractivity contribution in [2.45, 2.75) is 51.5 Å². The average molecular weight is 260 g/mol. The van der Waals surface area contributed by atoms with E-state index >= 15 is 0 Å². The first-order valence-corrected chi connectivity index (χ1v) is 7.61. The van der Waals surface area contributed by atoms with Crippen molar-refractivity contribution in [1.82, 2.24) is 5.43 Å². The number of rotatable bonds is 3. The van der Waals surface area contributed by atoms with Gasteiger partial charge in [-0.3, -0.25) is 11.3 Å². The van der Waals surface area contributed by atoms with Crippen molar-refractivity contribution in [2.75, 3.05) is 0 Å². The molecule has 104 valence electrons. The van der Waals surface area contributed by atoms with E-state index in [9.17, 15) is 0 Å². The van der Waals surface area contributed by atoms with Gasteiger partial charge in [0.2, 0.25) is 0 Å². The molecule has 1 heterocycles. The number of hydrogen-bond acceptors (Lipinski definition) is 3. The molecule has 3 nitrogen and oxygen atoms in total. The van der Waals surface area contributed by atoms with E-state index in [-0.39, 0.29) is 6.04 Å². The van der Waals surface area contributed by atoms with Crippen LogP contribution in [0.2, 0.25) is 0 Å². The Balaban J connectivity index is 1.73. The van der Waals surface area contributed by atoms with Gasteiger partial charge in [-0.05, 0) is 67.3 Å². The van der Waals surface area contributed by atoms with Crippen LogP contribution in [0.25, 0.3) is 0 Å². The monoisotopic (exact) mass is 260 g/mol. The van der Waals surface area contributed by atoms with E-state index in [1.54, 1.807) is 6.26 Å². The van der Waals surface area contributed by atoms with E-state index in [1.165, 1.54) is 44.1 Å². The van der Waals surface area contributed by atoms with Gasteiger partial charge in [-0.25, -0.2) is 0 Å². The van der Waals surface area contributed by atoms with Gasteiger partial charge >= 0.3 is 0 Å². The van der Waals surface area contributed by atoms with Crippen LogP contribution in [0.3, 0.4) is 0 Å². The normalized spacial score (nSPS) is 45.6. The summed E-state index contributed by atoms with van der Waals surface area (Å²) in [6.45, 7) is 2.50. The first-order valence-electron chi connectivity index (χ1n) is 7.61. The van der Waals surface area contributed by atoms with Gasteiger partial charge in [0.25, 0.3) is 0 Å². The maximum Gasteiger partial charge on any atom is 0.0951 e. The Morgan fingerprint density at radius 1 is 1.32 bits per heavy atom. The Kier molecular flexibility index (Phi) is 2.43. The van der Waals surface area contributed by atoms with Crippen LogP contribution < -0.4 is 11.3 Å². The molecule has 0 aromatic carbocycles. The lowest BCUT2D eigenvalue weighted by Gasteiger charge is -2.63. The molecule has 19 heavy (non-hydrogen) atoms. The van der Waals surface area contributed by atoms with Crippen molar-refractivity contribution >= 4 is 0 Å². The number of hydrazine groups is 1. The molecule has 3 N–H and O–H groups in total. The average Bonchev–Trinajstić information content (AvgIpc) is 2.79. The fourth-order valence-corrected chi connectivity index (χ4v) is 6.20. The molecular weight excluding hydrogens is 236 g/mol. The van der Waals surface area contributed by atoms with Gasteiger partial charge in [0.1, 0.15) is 0 Å². The largest absolute Gasteiger partial charge is 0.472 e. The summed E-state index contributed by atoms with van der Waals surface area (Å²) in [7, 11) is 0. The van der Waals surface area contributed by atoms with E-state index in [1.807, 2.05) is 6.26 Å². The van der Waals surface area contributed by atoms with Crippen molar-refractivity contribution in [3.63, 3.8) is 0 Å². The predicted molar refractivity (Wildman–Crippen MR) is 74.0 cm³/mol. The van der Waals surface area contributed by atoms with Crippen LogP contribution in [-0.2, 0) is 0 Å². The third kappa shape index (κ3) is 1.71. The highest BCUT2D eigenvalue weighted by atomic mass is 16.3. The minimum absolute atomic E-state index is 0.261. The van der Waals surface area contributed by atoms with Crippen molar-refractivity contribution in [2.24, 2.45) is 28.5 Å². The zero-order valence-corrected chi connectivity index (χ0v) is 11.7. The summed E-state index contributed by atoms with van der Waals surface area (Å²) in [4.78, 5) is 0. The maximum atomic E-state index is 5.94. The quantitative estimate of drug-likeness (QED) is 0.647. The third-order valence-corrected chi connectivity index (χ3v) is 6.05. The minimum Gasteiger partial charge on any atom is -0.472 e. The fraction of sp³-hybridized carbons (Fsp3) is 0.750. The molecular formula is C16H24N2O. The molecule has 4 saturated carbocycles. The highest BCUT2D eigenvalue weighted by Gasteiger charge is 2.58. The number of nitrogens with one attached hydrogen (secondary N) is 1. The van der Waals surface area contributed by atoms with Crippen LogP contribution >= 0.6 is 0 Å². The molecule has 4 aliphatic rings. The first-order chi connectivity index (χ1) is 9.12. The lowest BCUT2D eigenvalue weighted by molar-refractivity contribution is -0.119. The highest BCUT2D eigenvalue weighted by Crippen LogP contribution is 2.68. The second kappa shape index (κ2) is 3.86. The molecule has 0 radical (unpaired) electrons. The second-order valence-corrected chi connectivity index (χ2v) is 7.79. The zero-order chi connectivity index (χ0) is 13.1. The summed E-state index contributed by atoms with van der Waals surface area (Å²) in [6, 6.07) is 2.34. The highest BCUT2D eigenvalue weighted by molar-refractivity contribution is 5.20. The molecule has 1 aromatic heterocycles. The number of nitrogens with two attached hydrogens (primary N) is 1. The Bertz CT molecular complexity index is 453. The molecule has 4 fully saturated rings. The zero-order valence-electron chi connectivity index (χ0n) is 11.7. The van der Waals surface area contributed by atoms with Gasteiger partial charge in [0.15, 0.2) is 0 Å². The van der Waals surface area contributed by atoms with E-state index in [4.69, 9.17) is 10.3 Å². The maximum absolute atomic E-state index is 5.94. The number of hydrogen-bond donors (Lipinski definition) is 2. The minimum atomic E-state index is 0.261. The number of furan rings is 1. The van der Waals surface area contributed by atoms with Crippen LogP contribution in [0.15, 0.2) is 23.0 Å². The van der Waals surface area contributed by atoms with Gasteiger partial charge in [-0.1, -0.05) is 6.92 Å². The van der Waals surface area contributed by atoms with Crippen molar-refractivity contribution < 1.29 is 4.42 Å². The standard InChI is InChI=1S/C16H24N2O/c1-15-5-11-4-12(6-15)8-16(7-11,10-15)14(18-17)13-2-3-19-9-13/h2-3,9,11-12,14,18H,4-8,10,17H2,1H3. The Morgan fingerprint density at radius 3 is 2.58 bits per heavy atom. The lowest BCUT2D eigenvalue weighted by atomic mass is 9.43. The van der Waals surface area contributed by atoms with Gasteiger partial charge in [0.05, 0.1) is 18.6 Å². The summed E-state index contributed by atoms with van der Waals surface area (Å²) in [6.07, 6.45) is 12.0. The van der Waals surface area contributed by atoms with Gasteiger partial charge < -0.3 is 4.42 Å². The summed E-state index contributed by atoms with van der Waals surface area (Å²) in [5, 5.41) is 0. The van der Waals surface area contributed by atoms with Crippen molar-refractivity contribution in [3.8, 4) is 0 Å². The molecule has 3 atom stereocenters. The van der Waals surface area contributed by atoms with E-state index in [2.05, 4.69) is 18.4 Å². The molecule has 4 bridgehead atoms. The molecule has 0 saturated heterocycles. The first kappa shape index (κ1) is 12.0. The Morgan fingerprint density at radius 2 is 2.05 bits per heavy atom. The lowest BCUT2D eigenvalue weighted by Crippen LogP contribution is -2.56. The predicted octanol–water partition coefficient (Wildman–Crippen LogP) is 3.39. The summed E-state index contributed by atoms with van der Waals surface area (Å²) >= 11 is 0. The fourth-order valence-electron chi connectivity index (χ4n) is 6.20. The van der Waals surface area contributed by atoms with Crippen LogP contribution in [0, 0.1) is 22.7 Å². The molecule has 3 unspecified atom stereocenters. The topological polar surface area (TPSA) is 51.2 Å². The molecule has 3 heteroatoms. The Hall–Kier alpha value is -0.800. The van der Waals surface area contributed by atoms with Crippen LogP contribution in [0.5, 0.6) is 0 Å². The van der Waals surface area contributed by atoms with Crippen LogP contribution in [-0.4, -0.2) is 0 Å². The summed E-state index contributed by atoms with van der Waals surface area (Å²) < 4.78 is 5.29. The van der Waals surface area contributed by atoms with Gasteiger partial charge in [0, 0.05) is 5.56 Å². The molecule has 0 spiro atoms.